The normalized spacial score (nSPS) is 15.2. The van der Waals surface area contributed by atoms with E-state index in [2.05, 4.69) is 41.9 Å². The van der Waals surface area contributed by atoms with Gasteiger partial charge in [-0.3, -0.25) is 19.6 Å². The van der Waals surface area contributed by atoms with Crippen LogP contribution in [0.3, 0.4) is 0 Å². The van der Waals surface area contributed by atoms with Crippen molar-refractivity contribution in [1.82, 2.24) is 15.1 Å². The zero-order chi connectivity index (χ0) is 30.8. The third-order valence-electron chi connectivity index (χ3n) is 6.51. The molecule has 13 heteroatoms. The second-order valence-corrected chi connectivity index (χ2v) is 11.0. The Hall–Kier alpha value is -3.68. The van der Waals surface area contributed by atoms with Crippen molar-refractivity contribution in [2.24, 2.45) is 0 Å². The molecule has 1 aliphatic heterocycles. The molecule has 2 aromatic rings. The number of aliphatic carboxylic acids is 3. The fourth-order valence-corrected chi connectivity index (χ4v) is 4.62. The van der Waals surface area contributed by atoms with Crippen molar-refractivity contribution in [3.8, 4) is 11.5 Å². The van der Waals surface area contributed by atoms with Crippen molar-refractivity contribution >= 4 is 17.9 Å². The van der Waals surface area contributed by atoms with E-state index in [0.717, 1.165) is 56.1 Å². The average molecular weight is 580 g/mol. The third-order valence-corrected chi connectivity index (χ3v) is 6.51. The van der Waals surface area contributed by atoms with Crippen LogP contribution in [-0.4, -0.2) is 92.5 Å². The highest BCUT2D eigenvalue weighted by Gasteiger charge is 2.40. The first-order chi connectivity index (χ1) is 19.2. The lowest BCUT2D eigenvalue weighted by molar-refractivity contribution is -0.170. The van der Waals surface area contributed by atoms with Gasteiger partial charge < -0.3 is 34.6 Å². The van der Waals surface area contributed by atoms with Gasteiger partial charge in [0.15, 0.2) is 17.1 Å². The molecule has 1 saturated heterocycles. The van der Waals surface area contributed by atoms with Crippen LogP contribution < -0.4 is 9.47 Å². The van der Waals surface area contributed by atoms with E-state index < -0.39 is 36.4 Å². The van der Waals surface area contributed by atoms with Crippen molar-refractivity contribution in [3.05, 3.63) is 41.2 Å². The maximum Gasteiger partial charge on any atom is 0.336 e. The number of H-pyrrole nitrogens is 1. The molecule has 1 unspecified atom stereocenters. The molecule has 228 valence electrons. The van der Waals surface area contributed by atoms with Gasteiger partial charge >= 0.3 is 17.9 Å². The van der Waals surface area contributed by atoms with Crippen molar-refractivity contribution < 1.29 is 49.0 Å². The summed E-state index contributed by atoms with van der Waals surface area (Å²) in [4.78, 5) is 32.9. The highest BCUT2D eigenvalue weighted by atomic mass is 16.5. The molecule has 3 rings (SSSR count). The van der Waals surface area contributed by atoms with Gasteiger partial charge in [0, 0.05) is 48.5 Å². The molecule has 0 spiro atoms. The molecule has 41 heavy (non-hydrogen) atoms. The zero-order valence-corrected chi connectivity index (χ0v) is 24.2. The number of methoxy groups -OCH3 is 2. The molecule has 13 nitrogen and oxygen atoms in total. The molecular weight excluding hydrogens is 538 g/mol. The molecule has 1 atom stereocenters. The minimum atomic E-state index is -2.74. The van der Waals surface area contributed by atoms with Crippen molar-refractivity contribution in [2.75, 3.05) is 27.4 Å². The number of aromatic amines is 1. The summed E-state index contributed by atoms with van der Waals surface area (Å²) >= 11 is 0. The van der Waals surface area contributed by atoms with Crippen LogP contribution in [0.2, 0.25) is 0 Å². The first kappa shape index (κ1) is 33.5. The Morgan fingerprint density at radius 1 is 1.05 bits per heavy atom. The van der Waals surface area contributed by atoms with E-state index >= 15 is 0 Å². The highest BCUT2D eigenvalue weighted by molar-refractivity contribution is 5.88. The number of carboxylic acids is 3. The van der Waals surface area contributed by atoms with Crippen LogP contribution in [0.25, 0.3) is 0 Å². The maximum atomic E-state index is 10.3. The number of aliphatic hydroxyl groups is 1. The second kappa shape index (κ2) is 14.8. The predicted molar refractivity (Wildman–Crippen MR) is 147 cm³/mol. The topological polar surface area (TPSA) is 192 Å². The molecule has 0 bridgehead atoms. The molecule has 1 aromatic carbocycles. The van der Waals surface area contributed by atoms with Crippen LogP contribution in [0.4, 0.5) is 0 Å². The Morgan fingerprint density at radius 3 is 2.17 bits per heavy atom. The summed E-state index contributed by atoms with van der Waals surface area (Å²) in [6.07, 6.45) is 2.19. The van der Waals surface area contributed by atoms with Crippen LogP contribution in [0.5, 0.6) is 11.5 Å². The number of hydrogen-bond donors (Lipinski definition) is 5. The summed E-state index contributed by atoms with van der Waals surface area (Å²) in [6, 6.07) is 6.05. The number of para-hydroxylation sites is 1. The number of benzene rings is 1. The maximum absolute atomic E-state index is 10.3. The molecule has 5 N–H and O–H groups in total. The molecule has 1 aliphatic rings. The summed E-state index contributed by atoms with van der Waals surface area (Å²) in [6.45, 7) is 9.94. The quantitative estimate of drug-likeness (QED) is 0.233. The summed E-state index contributed by atoms with van der Waals surface area (Å²) < 4.78 is 17.0. The predicted octanol–water partition coefficient (Wildman–Crippen LogP) is 2.66. The minimum Gasteiger partial charge on any atom is -0.493 e. The number of carboxylic acid groups (broad SMARTS) is 3. The Balaban J connectivity index is 0.000000383. The molecule has 0 amide bonds. The Bertz CT molecular complexity index is 1150. The molecule has 1 fully saturated rings. The van der Waals surface area contributed by atoms with Crippen molar-refractivity contribution in [2.45, 2.75) is 76.7 Å². The monoisotopic (exact) mass is 579 g/mol. The zero-order valence-electron chi connectivity index (χ0n) is 24.2. The van der Waals surface area contributed by atoms with Gasteiger partial charge in [0.05, 0.1) is 39.4 Å². The van der Waals surface area contributed by atoms with Gasteiger partial charge in [-0.1, -0.05) is 32.9 Å². The van der Waals surface area contributed by atoms with Crippen LogP contribution in [0.1, 0.15) is 63.3 Å². The fraction of sp³-hybridized carbons (Fsp3) is 0.571. The lowest BCUT2D eigenvalue weighted by atomic mass is 9.89. The lowest BCUT2D eigenvalue weighted by Gasteiger charge is -2.27. The van der Waals surface area contributed by atoms with Gasteiger partial charge in [-0.25, -0.2) is 4.79 Å². The molecule has 1 aromatic heterocycles. The molecule has 0 saturated carbocycles. The number of rotatable bonds is 13. The third kappa shape index (κ3) is 10.0. The largest absolute Gasteiger partial charge is 0.493 e. The molecule has 0 aliphatic carbocycles. The summed E-state index contributed by atoms with van der Waals surface area (Å²) in [5.41, 5.74) is 0.808. The van der Waals surface area contributed by atoms with Crippen LogP contribution in [0, 0.1) is 0 Å². The first-order valence-corrected chi connectivity index (χ1v) is 13.2. The average Bonchev–Trinajstić information content (AvgIpc) is 3.55. The van der Waals surface area contributed by atoms with Crippen LogP contribution in [-0.2, 0) is 37.6 Å². The number of nitrogens with zero attached hydrogens (tertiary/aromatic N) is 2. The smallest absolute Gasteiger partial charge is 0.336 e. The van der Waals surface area contributed by atoms with E-state index in [1.165, 1.54) is 11.3 Å². The van der Waals surface area contributed by atoms with E-state index in [-0.39, 0.29) is 11.5 Å². The van der Waals surface area contributed by atoms with Crippen LogP contribution >= 0.6 is 0 Å². The van der Waals surface area contributed by atoms with E-state index in [0.29, 0.717) is 0 Å². The molecular formula is C28H41N3O10. The number of hydrogen-bond acceptors (Lipinski definition) is 9. The van der Waals surface area contributed by atoms with Gasteiger partial charge in [-0.15, -0.1) is 0 Å². The van der Waals surface area contributed by atoms with Gasteiger partial charge in [0.1, 0.15) is 0 Å². The summed E-state index contributed by atoms with van der Waals surface area (Å²) in [5, 5.41) is 41.3. The SMILES string of the molecule is COc1cccc(CN(Cc2cn[nH]c2C(C)(C)C)CC2CCCO2)c1OC.O=C(O)CC(O)(CC(=O)O)C(=O)O. The van der Waals surface area contributed by atoms with E-state index in [4.69, 9.17) is 34.6 Å². The summed E-state index contributed by atoms with van der Waals surface area (Å²) in [5.74, 6) is -3.46. The lowest BCUT2D eigenvalue weighted by Crippen LogP contribution is -2.42. The number of ether oxygens (including phenoxy) is 3. The fourth-order valence-electron chi connectivity index (χ4n) is 4.62. The van der Waals surface area contributed by atoms with Crippen molar-refractivity contribution in [3.63, 3.8) is 0 Å². The Morgan fingerprint density at radius 2 is 1.68 bits per heavy atom. The first-order valence-electron chi connectivity index (χ1n) is 13.2. The number of aromatic nitrogens is 2. The van der Waals surface area contributed by atoms with Gasteiger partial charge in [0.2, 0.25) is 0 Å². The molecule has 2 heterocycles. The number of carbonyl (C=O) groups is 3. The molecule has 0 radical (unpaired) electrons. The van der Waals surface area contributed by atoms with Gasteiger partial charge in [0.25, 0.3) is 0 Å². The van der Waals surface area contributed by atoms with Gasteiger partial charge in [-0.2, -0.15) is 5.10 Å². The van der Waals surface area contributed by atoms with E-state index in [1.54, 1.807) is 14.2 Å². The minimum absolute atomic E-state index is 0.0228. The summed E-state index contributed by atoms with van der Waals surface area (Å²) in [7, 11) is 3.37. The Kier molecular flexibility index (Phi) is 12.1. The van der Waals surface area contributed by atoms with Gasteiger partial charge in [-0.05, 0) is 18.9 Å². The van der Waals surface area contributed by atoms with Crippen LogP contribution in [0.15, 0.2) is 24.4 Å². The second-order valence-electron chi connectivity index (χ2n) is 11.0. The number of nitrogens with one attached hydrogen (secondary N) is 1. The highest BCUT2D eigenvalue weighted by Crippen LogP contribution is 2.33. The van der Waals surface area contributed by atoms with E-state index in [9.17, 15) is 14.4 Å². The van der Waals surface area contributed by atoms with Crippen molar-refractivity contribution in [1.29, 1.82) is 0 Å². The van der Waals surface area contributed by atoms with E-state index in [1.807, 2.05) is 18.3 Å². The Labute approximate surface area is 239 Å². The standard InChI is InChI=1S/C22H33N3O3.C6H8O7/c1-22(2,3)21-17(12-23-24-21)14-25(15-18-9-7-11-28-18)13-16-8-6-10-19(26-4)20(16)27-5;7-3(8)1-6(13,5(11)12)2-4(9)10/h6,8,10,12,18H,7,9,11,13-15H2,1-5H3,(H,23,24);13H,1-2H2,(H,7,8)(H,9,10)(H,11,12).